The number of nitrogens with zero attached hydrogens (tertiary/aromatic N) is 2. The van der Waals surface area contributed by atoms with Crippen molar-refractivity contribution >= 4 is 17.2 Å². The van der Waals surface area contributed by atoms with Crippen molar-refractivity contribution in [2.75, 3.05) is 6.61 Å². The summed E-state index contributed by atoms with van der Waals surface area (Å²) in [5, 5.41) is 10.8. The SMILES string of the molecule is CC(O)(C#Cc1cc2c(cc1F)OCCc1sc(C(N)=O)nc1-2)c1ccccn1. The Bertz CT molecular complexity index is 1160. The van der Waals surface area contributed by atoms with Gasteiger partial charge in [0.15, 0.2) is 10.6 Å². The van der Waals surface area contributed by atoms with Crippen LogP contribution >= 0.6 is 11.3 Å². The molecule has 3 N–H and O–H groups in total. The summed E-state index contributed by atoms with van der Waals surface area (Å²) in [6.07, 6.45) is 2.08. The summed E-state index contributed by atoms with van der Waals surface area (Å²) < 4.78 is 20.3. The van der Waals surface area contributed by atoms with E-state index in [1.165, 1.54) is 30.4 Å². The Morgan fingerprint density at radius 3 is 2.97 bits per heavy atom. The molecular formula is C21H16FN3O3S. The minimum atomic E-state index is -1.55. The highest BCUT2D eigenvalue weighted by Gasteiger charge is 2.24. The maximum absolute atomic E-state index is 14.6. The second-order valence-electron chi connectivity index (χ2n) is 6.62. The Morgan fingerprint density at radius 1 is 1.41 bits per heavy atom. The molecule has 1 aromatic carbocycles. The first kappa shape index (κ1) is 19.1. The molecule has 6 nitrogen and oxygen atoms in total. The first-order valence-corrected chi connectivity index (χ1v) is 9.60. The minimum absolute atomic E-state index is 0.0741. The Labute approximate surface area is 170 Å². The lowest BCUT2D eigenvalue weighted by atomic mass is 10.0. The van der Waals surface area contributed by atoms with E-state index in [-0.39, 0.29) is 10.6 Å². The van der Waals surface area contributed by atoms with Crippen molar-refractivity contribution in [1.29, 1.82) is 0 Å². The molecule has 1 aliphatic rings. The number of aliphatic hydroxyl groups is 1. The van der Waals surface area contributed by atoms with Gasteiger partial charge in [-0.1, -0.05) is 17.9 Å². The molecule has 0 aliphatic carbocycles. The summed E-state index contributed by atoms with van der Waals surface area (Å²) in [5.41, 5.74) is 5.30. The van der Waals surface area contributed by atoms with Crippen LogP contribution in [0.1, 0.15) is 32.9 Å². The molecule has 3 heterocycles. The normalized spacial score (nSPS) is 14.3. The summed E-state index contributed by atoms with van der Waals surface area (Å²) in [7, 11) is 0. The number of nitrogens with two attached hydrogens (primary N) is 1. The lowest BCUT2D eigenvalue weighted by Crippen LogP contribution is -2.20. The molecule has 3 aromatic rings. The van der Waals surface area contributed by atoms with Gasteiger partial charge in [-0.25, -0.2) is 9.37 Å². The van der Waals surface area contributed by atoms with Gasteiger partial charge in [-0.2, -0.15) is 0 Å². The highest BCUT2D eigenvalue weighted by molar-refractivity contribution is 7.14. The number of rotatable bonds is 2. The van der Waals surface area contributed by atoms with Crippen molar-refractivity contribution in [3.63, 3.8) is 0 Å². The van der Waals surface area contributed by atoms with Crippen LogP contribution in [-0.4, -0.2) is 27.6 Å². The fourth-order valence-electron chi connectivity index (χ4n) is 2.95. The van der Waals surface area contributed by atoms with Crippen LogP contribution in [0.2, 0.25) is 0 Å². The monoisotopic (exact) mass is 409 g/mol. The molecule has 0 saturated carbocycles. The number of benzene rings is 1. The summed E-state index contributed by atoms with van der Waals surface area (Å²) in [5.74, 6) is 4.50. The maximum atomic E-state index is 14.6. The second kappa shape index (κ2) is 7.28. The van der Waals surface area contributed by atoms with Crippen molar-refractivity contribution in [2.24, 2.45) is 5.73 Å². The van der Waals surface area contributed by atoms with Gasteiger partial charge in [-0.3, -0.25) is 9.78 Å². The Kier molecular flexibility index (Phi) is 4.78. The van der Waals surface area contributed by atoms with Gasteiger partial charge < -0.3 is 15.6 Å². The van der Waals surface area contributed by atoms with Crippen molar-refractivity contribution < 1.29 is 19.0 Å². The standard InChI is InChI=1S/C21H16FN3O3S/c1-21(27,17-4-2-3-8-24-17)7-5-12-10-13-15(11-14(12)22)28-9-6-16-18(13)25-20(29-16)19(23)26/h2-4,8,10-11,27H,6,9H2,1H3,(H2,23,26). The van der Waals surface area contributed by atoms with Crippen LogP contribution in [0.25, 0.3) is 11.3 Å². The quantitative estimate of drug-likeness (QED) is 0.634. The molecule has 2 aromatic heterocycles. The number of halogens is 1. The number of amides is 1. The number of pyridine rings is 1. The molecular weight excluding hydrogens is 393 g/mol. The van der Waals surface area contributed by atoms with Crippen molar-refractivity contribution in [3.05, 3.63) is 63.5 Å². The number of hydrogen-bond donors (Lipinski definition) is 2. The van der Waals surface area contributed by atoms with E-state index >= 15 is 0 Å². The largest absolute Gasteiger partial charge is 0.492 e. The van der Waals surface area contributed by atoms with Crippen LogP contribution in [0.5, 0.6) is 5.75 Å². The third-order valence-corrected chi connectivity index (χ3v) is 5.55. The average molecular weight is 409 g/mol. The molecule has 0 fully saturated rings. The van der Waals surface area contributed by atoms with Gasteiger partial charge in [0.2, 0.25) is 0 Å². The minimum Gasteiger partial charge on any atom is -0.492 e. The van der Waals surface area contributed by atoms with Crippen LogP contribution in [0.15, 0.2) is 36.5 Å². The average Bonchev–Trinajstić information content (AvgIpc) is 3.05. The zero-order chi connectivity index (χ0) is 20.6. The first-order chi connectivity index (χ1) is 13.8. The number of aromatic nitrogens is 2. The van der Waals surface area contributed by atoms with Crippen LogP contribution in [0, 0.1) is 17.7 Å². The molecule has 8 heteroatoms. The number of thiazole rings is 1. The number of carbonyl (C=O) groups excluding carboxylic acids is 1. The van der Waals surface area contributed by atoms with Gasteiger partial charge in [-0.15, -0.1) is 11.3 Å². The molecule has 1 aliphatic heterocycles. The predicted molar refractivity (Wildman–Crippen MR) is 106 cm³/mol. The Morgan fingerprint density at radius 2 is 2.24 bits per heavy atom. The molecule has 0 bridgehead atoms. The fourth-order valence-corrected chi connectivity index (χ4v) is 3.86. The zero-order valence-electron chi connectivity index (χ0n) is 15.4. The fraction of sp³-hybridized carbons (Fsp3) is 0.190. The summed E-state index contributed by atoms with van der Waals surface area (Å²) in [6.45, 7) is 1.82. The third-order valence-electron chi connectivity index (χ3n) is 4.42. The van der Waals surface area contributed by atoms with Gasteiger partial charge in [0.05, 0.1) is 23.6 Å². The van der Waals surface area contributed by atoms with Gasteiger partial charge in [0.1, 0.15) is 11.6 Å². The number of carbonyl (C=O) groups is 1. The van der Waals surface area contributed by atoms with Crippen molar-refractivity contribution in [1.82, 2.24) is 9.97 Å². The van der Waals surface area contributed by atoms with Crippen LogP contribution in [-0.2, 0) is 12.0 Å². The number of fused-ring (bicyclic) bond motifs is 3. The van der Waals surface area contributed by atoms with Crippen molar-refractivity contribution in [2.45, 2.75) is 18.9 Å². The van der Waals surface area contributed by atoms with E-state index in [4.69, 9.17) is 10.5 Å². The maximum Gasteiger partial charge on any atom is 0.277 e. The van der Waals surface area contributed by atoms with Crippen LogP contribution < -0.4 is 10.5 Å². The molecule has 4 rings (SSSR count). The lowest BCUT2D eigenvalue weighted by molar-refractivity contribution is 0.0999. The zero-order valence-corrected chi connectivity index (χ0v) is 16.2. The Hall–Kier alpha value is -3.28. The van der Waals surface area contributed by atoms with E-state index in [1.807, 2.05) is 0 Å². The summed E-state index contributed by atoms with van der Waals surface area (Å²) >= 11 is 1.20. The van der Waals surface area contributed by atoms with E-state index in [2.05, 4.69) is 21.8 Å². The topological polar surface area (TPSA) is 98.3 Å². The van der Waals surface area contributed by atoms with Crippen molar-refractivity contribution in [3.8, 4) is 28.8 Å². The van der Waals surface area contributed by atoms with E-state index in [1.54, 1.807) is 24.4 Å². The highest BCUT2D eigenvalue weighted by Crippen LogP contribution is 2.38. The highest BCUT2D eigenvalue weighted by atomic mass is 32.1. The van der Waals surface area contributed by atoms with Crippen LogP contribution in [0.3, 0.4) is 0 Å². The van der Waals surface area contributed by atoms with Gasteiger partial charge >= 0.3 is 0 Å². The Balaban J connectivity index is 1.79. The van der Waals surface area contributed by atoms with Gasteiger partial charge in [0.25, 0.3) is 5.91 Å². The molecule has 0 spiro atoms. The summed E-state index contributed by atoms with van der Waals surface area (Å²) in [6, 6.07) is 7.86. The third kappa shape index (κ3) is 3.70. The van der Waals surface area contributed by atoms with E-state index in [0.29, 0.717) is 35.7 Å². The van der Waals surface area contributed by atoms with E-state index in [9.17, 15) is 14.3 Å². The smallest absolute Gasteiger partial charge is 0.277 e. The number of hydrogen-bond acceptors (Lipinski definition) is 6. The molecule has 1 atom stereocenters. The number of ether oxygens (including phenoxy) is 1. The molecule has 1 unspecified atom stereocenters. The van der Waals surface area contributed by atoms with E-state index < -0.39 is 17.3 Å². The summed E-state index contributed by atoms with van der Waals surface area (Å²) in [4.78, 5) is 20.8. The molecule has 146 valence electrons. The second-order valence-corrected chi connectivity index (χ2v) is 7.70. The van der Waals surface area contributed by atoms with E-state index in [0.717, 1.165) is 4.88 Å². The van der Waals surface area contributed by atoms with Gasteiger partial charge in [-0.05, 0) is 25.1 Å². The lowest BCUT2D eigenvalue weighted by Gasteiger charge is -2.15. The predicted octanol–water partition coefficient (Wildman–Crippen LogP) is 2.64. The first-order valence-electron chi connectivity index (χ1n) is 8.78. The molecule has 0 radical (unpaired) electrons. The van der Waals surface area contributed by atoms with Crippen LogP contribution in [0.4, 0.5) is 4.39 Å². The molecule has 29 heavy (non-hydrogen) atoms. The molecule has 1 amide bonds. The molecule has 0 saturated heterocycles. The number of primary amides is 1. The van der Waals surface area contributed by atoms with Gasteiger partial charge in [0, 0.05) is 29.1 Å².